The molecule has 1 N–H and O–H groups in total. The first-order valence-corrected chi connectivity index (χ1v) is 7.14. The van der Waals surface area contributed by atoms with E-state index >= 15 is 0 Å². The van der Waals surface area contributed by atoms with Crippen molar-refractivity contribution in [1.29, 1.82) is 0 Å². The van der Waals surface area contributed by atoms with E-state index in [1.165, 1.54) is 19.3 Å². The summed E-state index contributed by atoms with van der Waals surface area (Å²) in [4.78, 5) is 12.0. The van der Waals surface area contributed by atoms with E-state index in [1.54, 1.807) is 0 Å². The number of likely N-dealkylation sites (N-methyl/N-ethyl adjacent to an activating group) is 1. The Labute approximate surface area is 110 Å². The van der Waals surface area contributed by atoms with Crippen LogP contribution in [0, 0.1) is 5.92 Å². The van der Waals surface area contributed by atoms with E-state index in [-0.39, 0.29) is 24.0 Å². The molecule has 4 heteroatoms. The van der Waals surface area contributed by atoms with Crippen molar-refractivity contribution in [2.75, 3.05) is 20.3 Å². The molecule has 1 aliphatic rings. The van der Waals surface area contributed by atoms with Crippen LogP contribution in [0.3, 0.4) is 0 Å². The third-order valence-corrected chi connectivity index (χ3v) is 3.54. The van der Waals surface area contributed by atoms with E-state index in [2.05, 4.69) is 12.2 Å². The van der Waals surface area contributed by atoms with Gasteiger partial charge < -0.3 is 14.8 Å². The Morgan fingerprint density at radius 3 is 2.83 bits per heavy atom. The minimum Gasteiger partial charge on any atom is -0.462 e. The summed E-state index contributed by atoms with van der Waals surface area (Å²) in [7, 11) is 1.85. The summed E-state index contributed by atoms with van der Waals surface area (Å²) in [5.41, 5.74) is 0. The summed E-state index contributed by atoms with van der Waals surface area (Å²) in [6.07, 6.45) is 5.84. The number of carbonyl (C=O) groups excluding carboxylic acids is 1. The number of rotatable bonds is 8. The fraction of sp³-hybridized carbons (Fsp3) is 0.929. The number of hydrogen-bond donors (Lipinski definition) is 1. The van der Waals surface area contributed by atoms with Crippen molar-refractivity contribution < 1.29 is 14.3 Å². The van der Waals surface area contributed by atoms with Gasteiger partial charge in [-0.3, -0.25) is 4.79 Å². The van der Waals surface area contributed by atoms with Crippen LogP contribution in [0.2, 0.25) is 0 Å². The van der Waals surface area contributed by atoms with Crippen LogP contribution < -0.4 is 5.32 Å². The second-order valence-corrected chi connectivity index (χ2v) is 5.14. The van der Waals surface area contributed by atoms with E-state index < -0.39 is 0 Å². The van der Waals surface area contributed by atoms with Crippen molar-refractivity contribution in [3.63, 3.8) is 0 Å². The molecule has 1 fully saturated rings. The van der Waals surface area contributed by atoms with Crippen molar-refractivity contribution in [1.82, 2.24) is 5.32 Å². The van der Waals surface area contributed by atoms with Gasteiger partial charge in [-0.15, -0.1) is 0 Å². The molecule has 0 aliphatic carbocycles. The van der Waals surface area contributed by atoms with Gasteiger partial charge in [-0.2, -0.15) is 0 Å². The molecule has 18 heavy (non-hydrogen) atoms. The lowest BCUT2D eigenvalue weighted by Crippen LogP contribution is -2.38. The number of carbonyl (C=O) groups is 1. The fourth-order valence-electron chi connectivity index (χ4n) is 2.27. The lowest BCUT2D eigenvalue weighted by molar-refractivity contribution is -0.154. The molecule has 0 aromatic heterocycles. The quantitative estimate of drug-likeness (QED) is 0.534. The van der Waals surface area contributed by atoms with E-state index in [0.717, 1.165) is 12.8 Å². The zero-order valence-corrected chi connectivity index (χ0v) is 11.9. The topological polar surface area (TPSA) is 47.6 Å². The van der Waals surface area contributed by atoms with Crippen LogP contribution in [0.4, 0.5) is 0 Å². The third kappa shape index (κ3) is 4.94. The van der Waals surface area contributed by atoms with Gasteiger partial charge in [0.05, 0.1) is 25.2 Å². The molecular formula is C14H27NO3. The molecule has 1 rings (SSSR count). The molecule has 0 saturated carbocycles. The second kappa shape index (κ2) is 8.48. The maximum Gasteiger partial charge on any atom is 0.313 e. The minimum atomic E-state index is -0.145. The largest absolute Gasteiger partial charge is 0.462 e. The van der Waals surface area contributed by atoms with Crippen LogP contribution in [-0.4, -0.2) is 38.4 Å². The van der Waals surface area contributed by atoms with Gasteiger partial charge in [0.1, 0.15) is 0 Å². The second-order valence-electron chi connectivity index (χ2n) is 5.14. The SMILES string of the molecule is CCCCCCC(C)OC(=O)C1COCC1NC. The Kier molecular flexibility index (Phi) is 7.28. The van der Waals surface area contributed by atoms with Crippen molar-refractivity contribution in [2.45, 2.75) is 58.1 Å². The molecule has 0 bridgehead atoms. The highest BCUT2D eigenvalue weighted by Gasteiger charge is 2.34. The van der Waals surface area contributed by atoms with Gasteiger partial charge in [0.15, 0.2) is 0 Å². The highest BCUT2D eigenvalue weighted by Crippen LogP contribution is 2.17. The van der Waals surface area contributed by atoms with E-state index in [4.69, 9.17) is 9.47 Å². The van der Waals surface area contributed by atoms with Gasteiger partial charge >= 0.3 is 5.97 Å². The molecular weight excluding hydrogens is 230 g/mol. The number of nitrogens with one attached hydrogen (secondary N) is 1. The first-order valence-electron chi connectivity index (χ1n) is 7.14. The van der Waals surface area contributed by atoms with Crippen LogP contribution in [0.25, 0.3) is 0 Å². The van der Waals surface area contributed by atoms with Crippen LogP contribution in [0.1, 0.15) is 46.0 Å². The molecule has 0 amide bonds. The molecule has 3 unspecified atom stereocenters. The minimum absolute atomic E-state index is 0.0208. The highest BCUT2D eigenvalue weighted by atomic mass is 16.5. The summed E-state index contributed by atoms with van der Waals surface area (Å²) < 4.78 is 10.8. The van der Waals surface area contributed by atoms with Crippen LogP contribution in [0.15, 0.2) is 0 Å². The lowest BCUT2D eigenvalue weighted by Gasteiger charge is -2.19. The first-order chi connectivity index (χ1) is 8.69. The Morgan fingerprint density at radius 1 is 1.39 bits per heavy atom. The number of unbranched alkanes of at least 4 members (excludes halogenated alkanes) is 3. The van der Waals surface area contributed by atoms with Crippen molar-refractivity contribution in [3.05, 3.63) is 0 Å². The van der Waals surface area contributed by atoms with E-state index in [0.29, 0.717) is 13.2 Å². The molecule has 0 aromatic carbocycles. The summed E-state index contributed by atoms with van der Waals surface area (Å²) in [5.74, 6) is -0.261. The molecule has 4 nitrogen and oxygen atoms in total. The van der Waals surface area contributed by atoms with Crippen LogP contribution in [0.5, 0.6) is 0 Å². The predicted molar refractivity (Wildman–Crippen MR) is 71.5 cm³/mol. The molecule has 1 saturated heterocycles. The van der Waals surface area contributed by atoms with Crippen molar-refractivity contribution >= 4 is 5.97 Å². The average Bonchev–Trinajstić information content (AvgIpc) is 2.83. The van der Waals surface area contributed by atoms with E-state index in [1.807, 2.05) is 14.0 Å². The molecule has 3 atom stereocenters. The Bertz CT molecular complexity index is 245. The van der Waals surface area contributed by atoms with Gasteiger partial charge in [-0.05, 0) is 26.8 Å². The molecule has 0 radical (unpaired) electrons. The van der Waals surface area contributed by atoms with Crippen LogP contribution >= 0.6 is 0 Å². The first kappa shape index (κ1) is 15.4. The predicted octanol–water partition coefficient (Wildman–Crippen LogP) is 2.12. The number of hydrogen-bond acceptors (Lipinski definition) is 4. The zero-order valence-electron chi connectivity index (χ0n) is 11.9. The standard InChI is InChI=1S/C14H27NO3/c1-4-5-6-7-8-11(2)18-14(16)12-9-17-10-13(12)15-3/h11-13,15H,4-10H2,1-3H3. The number of ether oxygens (including phenoxy) is 2. The summed E-state index contributed by atoms with van der Waals surface area (Å²) >= 11 is 0. The Morgan fingerprint density at radius 2 is 2.17 bits per heavy atom. The van der Waals surface area contributed by atoms with Crippen LogP contribution in [-0.2, 0) is 14.3 Å². The average molecular weight is 257 g/mol. The Balaban J connectivity index is 2.22. The Hall–Kier alpha value is -0.610. The maximum atomic E-state index is 12.0. The smallest absolute Gasteiger partial charge is 0.313 e. The number of esters is 1. The zero-order chi connectivity index (χ0) is 13.4. The fourth-order valence-corrected chi connectivity index (χ4v) is 2.27. The molecule has 1 heterocycles. The molecule has 0 aromatic rings. The normalized spacial score (nSPS) is 25.1. The van der Waals surface area contributed by atoms with E-state index in [9.17, 15) is 4.79 Å². The molecule has 1 aliphatic heterocycles. The highest BCUT2D eigenvalue weighted by molar-refractivity contribution is 5.74. The van der Waals surface area contributed by atoms with Gasteiger partial charge in [0.2, 0.25) is 0 Å². The summed E-state index contributed by atoms with van der Waals surface area (Å²) in [6, 6.07) is 0.102. The molecule has 0 spiro atoms. The van der Waals surface area contributed by atoms with Gasteiger partial charge in [-0.25, -0.2) is 0 Å². The molecule has 106 valence electrons. The van der Waals surface area contributed by atoms with Crippen molar-refractivity contribution in [2.24, 2.45) is 5.92 Å². The van der Waals surface area contributed by atoms with Crippen molar-refractivity contribution in [3.8, 4) is 0 Å². The third-order valence-electron chi connectivity index (χ3n) is 3.54. The summed E-state index contributed by atoms with van der Waals surface area (Å²) in [6.45, 7) is 5.25. The lowest BCUT2D eigenvalue weighted by atomic mass is 10.0. The summed E-state index contributed by atoms with van der Waals surface area (Å²) in [5, 5.41) is 3.10. The monoisotopic (exact) mass is 257 g/mol. The van der Waals surface area contributed by atoms with Gasteiger partial charge in [0, 0.05) is 6.04 Å². The maximum absolute atomic E-state index is 12.0. The van der Waals surface area contributed by atoms with Gasteiger partial charge in [0.25, 0.3) is 0 Å². The van der Waals surface area contributed by atoms with Gasteiger partial charge in [-0.1, -0.05) is 26.2 Å².